The number of para-hydroxylation sites is 1. The highest BCUT2D eigenvalue weighted by molar-refractivity contribution is 5.90. The molecule has 166 valence electrons. The van der Waals surface area contributed by atoms with E-state index >= 15 is 0 Å². The Kier molecular flexibility index (Phi) is 7.23. The summed E-state index contributed by atoms with van der Waals surface area (Å²) in [6.45, 7) is 6.64. The van der Waals surface area contributed by atoms with Gasteiger partial charge < -0.3 is 10.2 Å². The lowest BCUT2D eigenvalue weighted by molar-refractivity contribution is -0.116. The van der Waals surface area contributed by atoms with Crippen molar-refractivity contribution in [2.45, 2.75) is 51.5 Å². The molecular weight excluding hydrogens is 389 g/mol. The summed E-state index contributed by atoms with van der Waals surface area (Å²) in [6, 6.07) is 15.8. The van der Waals surface area contributed by atoms with E-state index in [4.69, 9.17) is 0 Å². The van der Waals surface area contributed by atoms with E-state index in [1.54, 1.807) is 18.2 Å². The summed E-state index contributed by atoms with van der Waals surface area (Å²) in [5.74, 6) is 0.0836. The van der Waals surface area contributed by atoms with Gasteiger partial charge in [0, 0.05) is 37.8 Å². The van der Waals surface area contributed by atoms with Gasteiger partial charge in [0.25, 0.3) is 0 Å². The summed E-state index contributed by atoms with van der Waals surface area (Å²) in [6.07, 6.45) is 6.13. The SMILES string of the molecule is Cc1cccc(N2CCC(N3CCC[C@H](CCC(=O)Nc4ccccc4F)C3)CC2)c1. The van der Waals surface area contributed by atoms with Crippen molar-refractivity contribution >= 4 is 17.3 Å². The van der Waals surface area contributed by atoms with E-state index in [1.165, 1.54) is 49.5 Å². The monoisotopic (exact) mass is 423 g/mol. The number of aryl methyl sites for hydroxylation is 1. The minimum Gasteiger partial charge on any atom is -0.371 e. The molecule has 1 atom stereocenters. The number of hydrogen-bond donors (Lipinski definition) is 1. The van der Waals surface area contributed by atoms with Gasteiger partial charge in [0.2, 0.25) is 5.91 Å². The summed E-state index contributed by atoms with van der Waals surface area (Å²) in [5, 5.41) is 2.72. The predicted octanol–water partition coefficient (Wildman–Crippen LogP) is 5.23. The van der Waals surface area contributed by atoms with Gasteiger partial charge in [-0.05, 0) is 81.3 Å². The molecule has 1 amide bonds. The maximum absolute atomic E-state index is 13.7. The second-order valence-corrected chi connectivity index (χ2v) is 9.13. The summed E-state index contributed by atoms with van der Waals surface area (Å²) >= 11 is 0. The quantitative estimate of drug-likeness (QED) is 0.691. The van der Waals surface area contributed by atoms with Crippen LogP contribution >= 0.6 is 0 Å². The molecule has 2 aromatic rings. The smallest absolute Gasteiger partial charge is 0.224 e. The largest absolute Gasteiger partial charge is 0.371 e. The van der Waals surface area contributed by atoms with Crippen molar-refractivity contribution in [3.63, 3.8) is 0 Å². The Bertz CT molecular complexity index is 878. The topological polar surface area (TPSA) is 35.6 Å². The van der Waals surface area contributed by atoms with Crippen LogP contribution in [0.25, 0.3) is 0 Å². The number of piperidine rings is 2. The van der Waals surface area contributed by atoms with Gasteiger partial charge in [0.1, 0.15) is 5.82 Å². The number of nitrogens with one attached hydrogen (secondary N) is 1. The Labute approximate surface area is 185 Å². The van der Waals surface area contributed by atoms with Crippen molar-refractivity contribution in [1.29, 1.82) is 0 Å². The van der Waals surface area contributed by atoms with Crippen molar-refractivity contribution in [2.75, 3.05) is 36.4 Å². The summed E-state index contributed by atoms with van der Waals surface area (Å²) in [4.78, 5) is 17.5. The standard InChI is InChI=1S/C26H34FN3O/c1-20-6-4-8-23(18-20)29-16-13-22(14-17-29)30-15-5-7-21(19-30)11-12-26(31)28-25-10-3-2-9-24(25)27/h2-4,6,8-10,18,21-22H,5,7,11-17,19H2,1H3,(H,28,31)/t21-/m1/s1. The highest BCUT2D eigenvalue weighted by atomic mass is 19.1. The Hall–Kier alpha value is -2.40. The van der Waals surface area contributed by atoms with Crippen LogP contribution in [0.1, 0.15) is 44.1 Å². The summed E-state index contributed by atoms with van der Waals surface area (Å²) in [7, 11) is 0. The van der Waals surface area contributed by atoms with Crippen molar-refractivity contribution in [1.82, 2.24) is 4.90 Å². The van der Waals surface area contributed by atoms with Gasteiger partial charge in [0.05, 0.1) is 5.69 Å². The van der Waals surface area contributed by atoms with E-state index in [9.17, 15) is 9.18 Å². The maximum Gasteiger partial charge on any atom is 0.224 e. The number of carbonyl (C=O) groups excluding carboxylic acids is 1. The number of hydrogen-bond acceptors (Lipinski definition) is 3. The van der Waals surface area contributed by atoms with E-state index < -0.39 is 0 Å². The molecule has 5 heteroatoms. The molecule has 0 aliphatic carbocycles. The van der Waals surface area contributed by atoms with Crippen LogP contribution in [0.5, 0.6) is 0 Å². The molecule has 2 saturated heterocycles. The van der Waals surface area contributed by atoms with Gasteiger partial charge in [-0.15, -0.1) is 0 Å². The molecule has 2 aromatic carbocycles. The van der Waals surface area contributed by atoms with E-state index in [0.717, 1.165) is 26.1 Å². The van der Waals surface area contributed by atoms with Gasteiger partial charge in [-0.3, -0.25) is 9.69 Å². The number of rotatable bonds is 6. The molecule has 2 aliphatic heterocycles. The van der Waals surface area contributed by atoms with Gasteiger partial charge in [-0.2, -0.15) is 0 Å². The molecule has 0 aromatic heterocycles. The van der Waals surface area contributed by atoms with Crippen LogP contribution in [0.15, 0.2) is 48.5 Å². The van der Waals surface area contributed by atoms with Crippen molar-refractivity contribution < 1.29 is 9.18 Å². The Balaban J connectivity index is 1.23. The fourth-order valence-corrected chi connectivity index (χ4v) is 5.09. The van der Waals surface area contributed by atoms with Crippen LogP contribution in [0.2, 0.25) is 0 Å². The second-order valence-electron chi connectivity index (χ2n) is 9.13. The zero-order chi connectivity index (χ0) is 21.6. The first-order valence-corrected chi connectivity index (χ1v) is 11.7. The van der Waals surface area contributed by atoms with Crippen LogP contribution in [-0.2, 0) is 4.79 Å². The number of nitrogens with zero attached hydrogens (tertiary/aromatic N) is 2. The zero-order valence-electron chi connectivity index (χ0n) is 18.5. The van der Waals surface area contributed by atoms with E-state index in [2.05, 4.69) is 46.3 Å². The molecule has 4 rings (SSSR count). The van der Waals surface area contributed by atoms with Gasteiger partial charge in [-0.1, -0.05) is 24.3 Å². The van der Waals surface area contributed by atoms with Crippen LogP contribution < -0.4 is 10.2 Å². The average Bonchev–Trinajstić information content (AvgIpc) is 2.80. The first-order chi connectivity index (χ1) is 15.1. The molecule has 0 spiro atoms. The summed E-state index contributed by atoms with van der Waals surface area (Å²) in [5.41, 5.74) is 2.94. The third-order valence-electron chi connectivity index (χ3n) is 6.83. The first-order valence-electron chi connectivity index (χ1n) is 11.7. The predicted molar refractivity (Wildman–Crippen MR) is 125 cm³/mol. The number of benzene rings is 2. The van der Waals surface area contributed by atoms with Crippen LogP contribution in [-0.4, -0.2) is 43.0 Å². The molecular formula is C26H34FN3O. The van der Waals surface area contributed by atoms with Crippen molar-refractivity contribution in [3.05, 3.63) is 59.9 Å². The number of anilines is 2. The molecule has 2 heterocycles. The zero-order valence-corrected chi connectivity index (χ0v) is 18.5. The van der Waals surface area contributed by atoms with Gasteiger partial charge >= 0.3 is 0 Å². The molecule has 1 N–H and O–H groups in total. The Morgan fingerprint density at radius 3 is 2.65 bits per heavy atom. The number of amides is 1. The molecule has 2 fully saturated rings. The normalized spacial score (nSPS) is 20.6. The molecule has 4 nitrogen and oxygen atoms in total. The lowest BCUT2D eigenvalue weighted by Crippen LogP contribution is -2.48. The third kappa shape index (κ3) is 5.85. The summed E-state index contributed by atoms with van der Waals surface area (Å²) < 4.78 is 13.7. The van der Waals surface area contributed by atoms with E-state index in [0.29, 0.717) is 18.4 Å². The first kappa shape index (κ1) is 21.8. The van der Waals surface area contributed by atoms with Gasteiger partial charge in [0.15, 0.2) is 0 Å². The third-order valence-corrected chi connectivity index (χ3v) is 6.83. The van der Waals surface area contributed by atoms with Crippen LogP contribution in [0, 0.1) is 18.7 Å². The molecule has 2 aliphatic rings. The fourth-order valence-electron chi connectivity index (χ4n) is 5.09. The Morgan fingerprint density at radius 1 is 1.06 bits per heavy atom. The number of halogens is 1. The molecule has 0 saturated carbocycles. The highest BCUT2D eigenvalue weighted by Gasteiger charge is 2.29. The average molecular weight is 424 g/mol. The molecule has 0 unspecified atom stereocenters. The number of carbonyl (C=O) groups is 1. The second kappa shape index (κ2) is 10.3. The maximum atomic E-state index is 13.7. The van der Waals surface area contributed by atoms with Crippen molar-refractivity contribution in [3.8, 4) is 0 Å². The van der Waals surface area contributed by atoms with E-state index in [-0.39, 0.29) is 17.4 Å². The minimum absolute atomic E-state index is 0.0892. The van der Waals surface area contributed by atoms with Crippen LogP contribution in [0.3, 0.4) is 0 Å². The fraction of sp³-hybridized carbons (Fsp3) is 0.500. The van der Waals surface area contributed by atoms with Gasteiger partial charge in [-0.25, -0.2) is 4.39 Å². The van der Waals surface area contributed by atoms with Crippen LogP contribution in [0.4, 0.5) is 15.8 Å². The molecule has 0 radical (unpaired) electrons. The minimum atomic E-state index is -0.378. The number of likely N-dealkylation sites (tertiary alicyclic amines) is 1. The lowest BCUT2D eigenvalue weighted by atomic mass is 9.90. The Morgan fingerprint density at radius 2 is 1.87 bits per heavy atom. The van der Waals surface area contributed by atoms with Crippen molar-refractivity contribution in [2.24, 2.45) is 5.92 Å². The molecule has 31 heavy (non-hydrogen) atoms. The molecule has 0 bridgehead atoms. The van der Waals surface area contributed by atoms with E-state index in [1.807, 2.05) is 0 Å². The lowest BCUT2D eigenvalue weighted by Gasteiger charge is -2.43. The highest BCUT2D eigenvalue weighted by Crippen LogP contribution is 2.28.